The average molecular weight is 681 g/mol. The Morgan fingerprint density at radius 2 is 1.33 bits per heavy atom. The largest absolute Gasteiger partial charge is 0.489 e. The molecule has 0 fully saturated rings. The zero-order valence-corrected chi connectivity index (χ0v) is 29.8. The third kappa shape index (κ3) is 7.97. The predicted molar refractivity (Wildman–Crippen MR) is 202 cm³/mol. The van der Waals surface area contributed by atoms with E-state index in [0.717, 1.165) is 50.5 Å². The van der Waals surface area contributed by atoms with E-state index in [1.807, 2.05) is 69.3 Å². The minimum Gasteiger partial charge on any atom is -0.489 e. The Hall–Kier alpha value is -5.87. The van der Waals surface area contributed by atoms with Gasteiger partial charge in [0.05, 0.1) is 30.8 Å². The molecule has 5 rings (SSSR count). The maximum absolute atomic E-state index is 12.6. The highest BCUT2D eigenvalue weighted by atomic mass is 16.5. The van der Waals surface area contributed by atoms with E-state index in [4.69, 9.17) is 14.2 Å². The Morgan fingerprint density at radius 1 is 0.745 bits per heavy atom. The summed E-state index contributed by atoms with van der Waals surface area (Å²) in [5, 5.41) is 9.52. The smallest absolute Gasteiger partial charge is 0.333 e. The molecule has 0 spiro atoms. The van der Waals surface area contributed by atoms with Crippen LogP contribution in [0.5, 0.6) is 0 Å². The maximum atomic E-state index is 12.6. The van der Waals surface area contributed by atoms with E-state index < -0.39 is 11.4 Å². The van der Waals surface area contributed by atoms with Crippen LogP contribution in [0.4, 0.5) is 17.1 Å². The number of benzene rings is 4. The zero-order valence-electron chi connectivity index (χ0n) is 29.8. The summed E-state index contributed by atoms with van der Waals surface area (Å²) in [7, 11) is 0. The van der Waals surface area contributed by atoms with Gasteiger partial charge in [-0.1, -0.05) is 76.0 Å². The van der Waals surface area contributed by atoms with Crippen LogP contribution in [0.2, 0.25) is 0 Å². The van der Waals surface area contributed by atoms with Crippen molar-refractivity contribution in [3.05, 3.63) is 150 Å². The van der Waals surface area contributed by atoms with Gasteiger partial charge >= 0.3 is 11.9 Å². The SMILES string of the molecule is C=C(C)C(=C)OCc1ccc(N(c2ccc(C#N)cc2)c2ccc3c(c2)C(CCOC(=O)C(=C)C)(CCOC(=O)C(C)C)c2ccccc2-3)cc1. The second kappa shape index (κ2) is 15.8. The lowest BCUT2D eigenvalue weighted by atomic mass is 9.73. The fourth-order valence-corrected chi connectivity index (χ4v) is 6.35. The van der Waals surface area contributed by atoms with Crippen molar-refractivity contribution in [3.63, 3.8) is 0 Å². The molecule has 51 heavy (non-hydrogen) atoms. The van der Waals surface area contributed by atoms with Gasteiger partial charge in [0.15, 0.2) is 0 Å². The van der Waals surface area contributed by atoms with Gasteiger partial charge in [-0.2, -0.15) is 5.26 Å². The van der Waals surface area contributed by atoms with Gasteiger partial charge in [-0.25, -0.2) is 4.79 Å². The zero-order chi connectivity index (χ0) is 36.7. The van der Waals surface area contributed by atoms with Crippen LogP contribution in [0.15, 0.2) is 128 Å². The summed E-state index contributed by atoms with van der Waals surface area (Å²) in [6.07, 6.45) is 0.963. The maximum Gasteiger partial charge on any atom is 0.333 e. The van der Waals surface area contributed by atoms with Crippen LogP contribution in [0.3, 0.4) is 0 Å². The minimum atomic E-state index is -0.627. The summed E-state index contributed by atoms with van der Waals surface area (Å²) in [5.41, 5.74) is 9.00. The van der Waals surface area contributed by atoms with Gasteiger partial charge in [0.2, 0.25) is 0 Å². The molecule has 0 amide bonds. The first-order chi connectivity index (χ1) is 24.4. The van der Waals surface area contributed by atoms with Gasteiger partial charge in [-0.3, -0.25) is 4.79 Å². The fraction of sp³-hybridized carbons (Fsp3) is 0.250. The van der Waals surface area contributed by atoms with Crippen LogP contribution in [-0.2, 0) is 35.8 Å². The topological polar surface area (TPSA) is 88.9 Å². The number of ether oxygens (including phenoxy) is 3. The van der Waals surface area contributed by atoms with Crippen LogP contribution >= 0.6 is 0 Å². The Kier molecular flexibility index (Phi) is 11.3. The molecule has 1 aliphatic rings. The number of nitriles is 1. The highest BCUT2D eigenvalue weighted by Crippen LogP contribution is 2.54. The van der Waals surface area contributed by atoms with Crippen molar-refractivity contribution in [1.29, 1.82) is 5.26 Å². The number of carbonyl (C=O) groups is 2. The molecule has 260 valence electrons. The highest BCUT2D eigenvalue weighted by Gasteiger charge is 2.43. The van der Waals surface area contributed by atoms with E-state index in [9.17, 15) is 14.9 Å². The number of hydrogen-bond donors (Lipinski definition) is 0. The normalized spacial score (nSPS) is 14.1. The monoisotopic (exact) mass is 680 g/mol. The lowest BCUT2D eigenvalue weighted by Crippen LogP contribution is -2.30. The van der Waals surface area contributed by atoms with Crippen LogP contribution in [0.1, 0.15) is 62.8 Å². The van der Waals surface area contributed by atoms with Gasteiger partial charge in [-0.15, -0.1) is 0 Å². The molecule has 0 aliphatic heterocycles. The lowest BCUT2D eigenvalue weighted by molar-refractivity contribution is -0.147. The number of anilines is 3. The third-order valence-corrected chi connectivity index (χ3v) is 9.20. The number of allylic oxidation sites excluding steroid dienone is 1. The molecule has 0 saturated carbocycles. The van der Waals surface area contributed by atoms with Crippen molar-refractivity contribution in [2.24, 2.45) is 5.92 Å². The number of fused-ring (bicyclic) bond motifs is 3. The molecule has 0 bridgehead atoms. The fourth-order valence-electron chi connectivity index (χ4n) is 6.35. The molecular weight excluding hydrogens is 636 g/mol. The molecule has 7 heteroatoms. The van der Waals surface area contributed by atoms with Crippen LogP contribution < -0.4 is 4.90 Å². The molecule has 4 aromatic carbocycles. The first-order valence-electron chi connectivity index (χ1n) is 17.1. The number of hydrogen-bond acceptors (Lipinski definition) is 7. The lowest BCUT2D eigenvalue weighted by Gasteiger charge is -2.33. The molecule has 1 unspecified atom stereocenters. The highest BCUT2D eigenvalue weighted by molar-refractivity contribution is 5.87. The van der Waals surface area contributed by atoms with Crippen molar-refractivity contribution in [2.45, 2.75) is 52.6 Å². The summed E-state index contributed by atoms with van der Waals surface area (Å²) in [4.78, 5) is 27.2. The first kappa shape index (κ1) is 36.4. The van der Waals surface area contributed by atoms with E-state index >= 15 is 0 Å². The molecule has 1 aliphatic carbocycles. The summed E-state index contributed by atoms with van der Waals surface area (Å²) in [6, 6.07) is 32.5. The number of esters is 2. The van der Waals surface area contributed by atoms with Crippen LogP contribution in [-0.4, -0.2) is 25.2 Å². The quantitative estimate of drug-likeness (QED) is 0.0534. The van der Waals surface area contributed by atoms with E-state index in [1.165, 1.54) is 0 Å². The molecule has 0 saturated heterocycles. The van der Waals surface area contributed by atoms with Crippen molar-refractivity contribution >= 4 is 29.0 Å². The van der Waals surface area contributed by atoms with Gasteiger partial charge in [0, 0.05) is 28.1 Å². The summed E-state index contributed by atoms with van der Waals surface area (Å²) >= 11 is 0. The van der Waals surface area contributed by atoms with Crippen molar-refractivity contribution in [2.75, 3.05) is 18.1 Å². The molecule has 0 heterocycles. The summed E-state index contributed by atoms with van der Waals surface area (Å²) < 4.78 is 17.2. The first-order valence-corrected chi connectivity index (χ1v) is 17.1. The number of nitrogens with zero attached hydrogens (tertiary/aromatic N) is 2. The van der Waals surface area contributed by atoms with Gasteiger partial charge in [0.1, 0.15) is 12.4 Å². The van der Waals surface area contributed by atoms with E-state index in [0.29, 0.717) is 36.3 Å². The van der Waals surface area contributed by atoms with Crippen LogP contribution in [0.25, 0.3) is 11.1 Å². The van der Waals surface area contributed by atoms with Gasteiger partial charge in [-0.05, 0) is 109 Å². The average Bonchev–Trinajstić information content (AvgIpc) is 3.40. The molecule has 0 radical (unpaired) electrons. The van der Waals surface area contributed by atoms with E-state index in [2.05, 4.69) is 61.0 Å². The molecule has 0 aromatic heterocycles. The minimum absolute atomic E-state index is 0.155. The van der Waals surface area contributed by atoms with Gasteiger partial charge in [0.25, 0.3) is 0 Å². The Labute approximate surface area is 301 Å². The second-order valence-electron chi connectivity index (χ2n) is 13.2. The second-order valence-corrected chi connectivity index (χ2v) is 13.2. The van der Waals surface area contributed by atoms with E-state index in [1.54, 1.807) is 19.1 Å². The number of rotatable bonds is 15. The summed E-state index contributed by atoms with van der Waals surface area (Å²) in [5.74, 6) is -0.407. The Balaban J connectivity index is 1.61. The van der Waals surface area contributed by atoms with Crippen molar-refractivity contribution < 1.29 is 23.8 Å². The molecular formula is C44H44N2O5. The number of carbonyl (C=O) groups excluding carboxylic acids is 2. The van der Waals surface area contributed by atoms with Crippen molar-refractivity contribution in [3.8, 4) is 17.2 Å². The van der Waals surface area contributed by atoms with Crippen molar-refractivity contribution in [1.82, 2.24) is 0 Å². The standard InChI is InChI=1S/C44H44N2O5/c1-29(2)32(7)51-28-34-14-18-36(19-15-34)46(35-16-12-33(27-45)13-17-35)37-20-21-39-38-10-8-9-11-40(38)44(41(39)26-37,22-24-49-42(47)30(3)4)23-25-50-43(48)31(5)6/h8-21,26,31H,1,3,7,22-25,28H2,2,4-6H3. The Bertz CT molecular complexity index is 2000. The predicted octanol–water partition coefficient (Wildman–Crippen LogP) is 10.00. The molecule has 1 atom stereocenters. The molecule has 7 nitrogen and oxygen atoms in total. The van der Waals surface area contributed by atoms with Gasteiger partial charge < -0.3 is 19.1 Å². The summed E-state index contributed by atoms with van der Waals surface area (Å²) in [6.45, 7) is 19.4. The third-order valence-electron chi connectivity index (χ3n) is 9.20. The van der Waals surface area contributed by atoms with E-state index in [-0.39, 0.29) is 25.1 Å². The van der Waals surface area contributed by atoms with Crippen LogP contribution in [0, 0.1) is 17.2 Å². The molecule has 4 aromatic rings. The molecule has 0 N–H and O–H groups in total. The Morgan fingerprint density at radius 3 is 1.94 bits per heavy atom.